The summed E-state index contributed by atoms with van der Waals surface area (Å²) in [6.07, 6.45) is 1.70. The molecule has 0 unspecified atom stereocenters. The number of rotatable bonds is 1. The molecule has 0 aliphatic carbocycles. The molecule has 0 amide bonds. The number of allylic oxidation sites excluding steroid dienone is 2. The van der Waals surface area contributed by atoms with Gasteiger partial charge >= 0.3 is 0 Å². The third-order valence-electron chi connectivity index (χ3n) is 0.494. The molecule has 0 spiro atoms. The van der Waals surface area contributed by atoms with Gasteiger partial charge in [0.25, 0.3) is 0 Å². The zero-order valence-electron chi connectivity index (χ0n) is 3.74. The highest BCUT2D eigenvalue weighted by Crippen LogP contribution is 1.92. The van der Waals surface area contributed by atoms with Crippen LogP contribution in [0.15, 0.2) is 23.8 Å². The van der Waals surface area contributed by atoms with Crippen molar-refractivity contribution in [2.75, 3.05) is 0 Å². The molecule has 0 atom stereocenters. The van der Waals surface area contributed by atoms with E-state index in [2.05, 4.69) is 6.58 Å². The lowest BCUT2D eigenvalue weighted by Gasteiger charge is -1.76. The van der Waals surface area contributed by atoms with E-state index in [-0.39, 0.29) is 0 Å². The van der Waals surface area contributed by atoms with Crippen molar-refractivity contribution in [3.63, 3.8) is 0 Å². The summed E-state index contributed by atoms with van der Waals surface area (Å²) in [6.45, 7) is 5.37. The van der Waals surface area contributed by atoms with Crippen LogP contribution in [-0.4, -0.2) is 0 Å². The minimum absolute atomic E-state index is 0.997. The van der Waals surface area contributed by atoms with Crippen LogP contribution in [0.25, 0.3) is 0 Å². The van der Waals surface area contributed by atoms with Gasteiger partial charge in [-0.05, 0) is 12.5 Å². The Labute approximate surface area is 43.1 Å². The Bertz CT molecular complexity index is 72.0. The lowest BCUT2D eigenvalue weighted by Crippen LogP contribution is -1.55. The van der Waals surface area contributed by atoms with Crippen LogP contribution in [-0.2, 0) is 0 Å². The Kier molecular flexibility index (Phi) is 2.87. The summed E-state index contributed by atoms with van der Waals surface area (Å²) in [7, 11) is 0. The van der Waals surface area contributed by atoms with E-state index < -0.39 is 0 Å². The van der Waals surface area contributed by atoms with Crippen LogP contribution in [0.5, 0.6) is 0 Å². The molecule has 0 saturated carbocycles. The minimum atomic E-state index is 0.997. The summed E-state index contributed by atoms with van der Waals surface area (Å²) in [5.41, 5.74) is 2.49. The highest BCUT2D eigenvalue weighted by molar-refractivity contribution is 6.25. The van der Waals surface area contributed by atoms with Gasteiger partial charge in [0.15, 0.2) is 0 Å². The van der Waals surface area contributed by atoms with Crippen molar-refractivity contribution in [2.24, 2.45) is 0 Å². The third-order valence-corrected chi connectivity index (χ3v) is 0.838. The molecule has 0 aromatic heterocycles. The van der Waals surface area contributed by atoms with E-state index in [1.165, 1.54) is 5.54 Å². The smallest absolute Gasteiger partial charge is 0.00715 e. The van der Waals surface area contributed by atoms with E-state index in [9.17, 15) is 0 Å². The van der Waals surface area contributed by atoms with Gasteiger partial charge in [-0.1, -0.05) is 24.3 Å². The van der Waals surface area contributed by atoms with Crippen LogP contribution in [0, 0.1) is 0 Å². The molecule has 0 aliphatic rings. The molecular weight excluding hydrogens is 95.5 g/mol. The first-order chi connectivity index (χ1) is 2.81. The van der Waals surface area contributed by atoms with Crippen LogP contribution in [0.3, 0.4) is 0 Å². The fourth-order valence-corrected chi connectivity index (χ4v) is 0.134. The average Bonchev–Trinajstić information content (AvgIpc) is 1.65. The lowest BCUT2D eigenvalue weighted by atomic mass is 10.4. The summed E-state index contributed by atoms with van der Waals surface area (Å²) in [5.74, 6) is 0. The van der Waals surface area contributed by atoms with E-state index in [1.54, 1.807) is 6.08 Å². The van der Waals surface area contributed by atoms with Crippen molar-refractivity contribution in [3.8, 4) is 0 Å². The zero-order chi connectivity index (χ0) is 4.99. The van der Waals surface area contributed by atoms with Crippen molar-refractivity contribution >= 4 is 11.6 Å². The molecule has 0 N–H and O–H groups in total. The maximum Gasteiger partial charge on any atom is 0.00715 e. The highest BCUT2D eigenvalue weighted by Gasteiger charge is 1.68. The van der Waals surface area contributed by atoms with Gasteiger partial charge in [0.05, 0.1) is 0 Å². The Hall–Kier alpha value is -0.230. The normalized spacial score (nSPS) is 11.3. The fourth-order valence-electron chi connectivity index (χ4n) is 0.0445. The lowest BCUT2D eigenvalue weighted by molar-refractivity contribution is 1.57. The van der Waals surface area contributed by atoms with Crippen LogP contribution in [0.1, 0.15) is 6.92 Å². The molecule has 1 heteroatoms. The van der Waals surface area contributed by atoms with E-state index in [4.69, 9.17) is 11.6 Å². The molecule has 0 nitrogen and oxygen atoms in total. The van der Waals surface area contributed by atoms with Gasteiger partial charge in [0.1, 0.15) is 0 Å². The standard InChI is InChI=1S/C5H7Cl/c1-3-5(2)4-6/h3-4H,1H2,2H3/b5-4-. The van der Waals surface area contributed by atoms with Crippen LogP contribution in [0.2, 0.25) is 0 Å². The molecule has 34 valence electrons. The van der Waals surface area contributed by atoms with Gasteiger partial charge in [-0.3, -0.25) is 0 Å². The highest BCUT2D eigenvalue weighted by atomic mass is 35.5. The number of halogens is 1. The predicted molar refractivity (Wildman–Crippen MR) is 29.8 cm³/mol. The first-order valence-electron chi connectivity index (χ1n) is 1.70. The molecule has 6 heavy (non-hydrogen) atoms. The molecule has 0 aromatic rings. The van der Waals surface area contributed by atoms with Crippen LogP contribution in [0.4, 0.5) is 0 Å². The Balaban J connectivity index is 3.50. The van der Waals surface area contributed by atoms with Crippen LogP contribution >= 0.6 is 11.6 Å². The fraction of sp³-hybridized carbons (Fsp3) is 0.200. The van der Waals surface area contributed by atoms with Crippen molar-refractivity contribution in [1.29, 1.82) is 0 Å². The van der Waals surface area contributed by atoms with Gasteiger partial charge < -0.3 is 0 Å². The second kappa shape index (κ2) is 2.98. The summed E-state index contributed by atoms with van der Waals surface area (Å²) >= 11 is 5.22. The van der Waals surface area contributed by atoms with Crippen molar-refractivity contribution in [1.82, 2.24) is 0 Å². The monoisotopic (exact) mass is 102 g/mol. The van der Waals surface area contributed by atoms with Crippen molar-refractivity contribution < 1.29 is 0 Å². The van der Waals surface area contributed by atoms with E-state index in [0.29, 0.717) is 0 Å². The number of hydrogen-bond acceptors (Lipinski definition) is 0. The van der Waals surface area contributed by atoms with Crippen molar-refractivity contribution in [2.45, 2.75) is 6.92 Å². The molecule has 0 rings (SSSR count). The molecule has 0 aliphatic heterocycles. The topological polar surface area (TPSA) is 0 Å². The predicted octanol–water partition coefficient (Wildman–Crippen LogP) is 2.32. The largest absolute Gasteiger partial charge is 0.0988 e. The minimum Gasteiger partial charge on any atom is -0.0988 e. The molecule has 0 saturated heterocycles. The maximum atomic E-state index is 5.22. The first-order valence-corrected chi connectivity index (χ1v) is 2.14. The van der Waals surface area contributed by atoms with E-state index in [0.717, 1.165) is 5.57 Å². The second-order valence-corrected chi connectivity index (χ2v) is 1.28. The van der Waals surface area contributed by atoms with E-state index >= 15 is 0 Å². The SMILES string of the molecule is C=C/C(C)=C\Cl. The second-order valence-electron chi connectivity index (χ2n) is 1.06. The van der Waals surface area contributed by atoms with Gasteiger partial charge in [0, 0.05) is 5.54 Å². The molecule has 0 fully saturated rings. The molecular formula is C5H7Cl. The summed E-state index contributed by atoms with van der Waals surface area (Å²) in [5, 5.41) is 0. The molecule has 0 heterocycles. The van der Waals surface area contributed by atoms with Gasteiger partial charge in [-0.2, -0.15) is 0 Å². The first kappa shape index (κ1) is 5.77. The van der Waals surface area contributed by atoms with Gasteiger partial charge in [0.2, 0.25) is 0 Å². The van der Waals surface area contributed by atoms with Crippen molar-refractivity contribution in [3.05, 3.63) is 23.8 Å². The summed E-state index contributed by atoms with van der Waals surface area (Å²) in [4.78, 5) is 0. The Morgan fingerprint density at radius 3 is 2.33 bits per heavy atom. The zero-order valence-corrected chi connectivity index (χ0v) is 4.50. The third kappa shape index (κ3) is 2.04. The van der Waals surface area contributed by atoms with Gasteiger partial charge in [-0.25, -0.2) is 0 Å². The average molecular weight is 103 g/mol. The molecule has 0 aromatic carbocycles. The van der Waals surface area contributed by atoms with Crippen LogP contribution < -0.4 is 0 Å². The summed E-state index contributed by atoms with van der Waals surface area (Å²) < 4.78 is 0. The van der Waals surface area contributed by atoms with Gasteiger partial charge in [-0.15, -0.1) is 0 Å². The number of hydrogen-bond donors (Lipinski definition) is 0. The Morgan fingerprint density at radius 1 is 1.83 bits per heavy atom. The maximum absolute atomic E-state index is 5.22. The molecule has 0 radical (unpaired) electrons. The molecule has 0 bridgehead atoms. The Morgan fingerprint density at radius 2 is 2.33 bits per heavy atom. The quantitative estimate of drug-likeness (QED) is 0.446. The summed E-state index contributed by atoms with van der Waals surface area (Å²) in [6, 6.07) is 0. The van der Waals surface area contributed by atoms with E-state index in [1.807, 2.05) is 6.92 Å².